The molecule has 4 N–H and O–H groups in total. The lowest BCUT2D eigenvalue weighted by Crippen LogP contribution is -2.45. The van der Waals surface area contributed by atoms with Crippen molar-refractivity contribution in [2.24, 2.45) is 5.92 Å². The second-order valence-electron chi connectivity index (χ2n) is 6.05. The fourth-order valence-corrected chi connectivity index (χ4v) is 1.27. The van der Waals surface area contributed by atoms with Gasteiger partial charge in [-0.1, -0.05) is 0 Å². The summed E-state index contributed by atoms with van der Waals surface area (Å²) in [5.74, 6) is -4.91. The van der Waals surface area contributed by atoms with Crippen molar-refractivity contribution in [1.82, 2.24) is 19.9 Å². The molecule has 2 heterocycles. The van der Waals surface area contributed by atoms with Crippen molar-refractivity contribution in [3.63, 3.8) is 0 Å². The van der Waals surface area contributed by atoms with E-state index in [9.17, 15) is 24.3 Å². The van der Waals surface area contributed by atoms with E-state index in [2.05, 4.69) is 19.9 Å². The highest BCUT2D eigenvalue weighted by Crippen LogP contribution is 1.94. The number of quaternary nitrogens is 1. The van der Waals surface area contributed by atoms with Crippen molar-refractivity contribution in [2.45, 2.75) is 6.92 Å². The van der Waals surface area contributed by atoms with Gasteiger partial charge in [0.1, 0.15) is 6.54 Å². The summed E-state index contributed by atoms with van der Waals surface area (Å²) < 4.78 is 0.419. The molecule has 0 aliphatic rings. The third-order valence-electron chi connectivity index (χ3n) is 2.57. The molecule has 0 atom stereocenters. The Bertz CT molecular complexity index is 792. The molecule has 0 amide bonds. The van der Waals surface area contributed by atoms with Gasteiger partial charge in [0.15, 0.2) is 17.1 Å². The number of likely N-dealkylation sites (N-methyl/N-ethyl adjacent to an activating group) is 1. The van der Waals surface area contributed by atoms with Crippen LogP contribution in [0.5, 0.6) is 0 Å². The minimum Gasteiger partial charge on any atom is -0.544 e. The number of aromatic nitrogens is 4. The largest absolute Gasteiger partial charge is 0.544 e. The van der Waals surface area contributed by atoms with Crippen LogP contribution in [0.2, 0.25) is 0 Å². The van der Waals surface area contributed by atoms with Crippen LogP contribution in [0, 0.1) is 5.92 Å². The first kappa shape index (κ1) is 22.7. The summed E-state index contributed by atoms with van der Waals surface area (Å²) in [6.07, 6.45) is 2.76. The van der Waals surface area contributed by atoms with Crippen molar-refractivity contribution >= 4 is 29.1 Å². The van der Waals surface area contributed by atoms with Crippen LogP contribution in [0.1, 0.15) is 6.92 Å². The molecule has 0 spiro atoms. The van der Waals surface area contributed by atoms with Gasteiger partial charge in [-0.05, 0) is 6.92 Å². The molecule has 0 aliphatic carbocycles. The molecule has 26 heavy (non-hydrogen) atoms. The van der Waals surface area contributed by atoms with E-state index in [1.54, 1.807) is 21.1 Å². The number of rotatable bonds is 4. The Morgan fingerprint density at radius 3 is 1.85 bits per heavy atom. The van der Waals surface area contributed by atoms with Crippen LogP contribution >= 0.6 is 0 Å². The number of carboxylic acids is 3. The number of H-pyrrole nitrogens is 2. The first-order valence-corrected chi connectivity index (χ1v) is 7.17. The van der Waals surface area contributed by atoms with E-state index in [4.69, 9.17) is 10.2 Å². The lowest BCUT2D eigenvalue weighted by atomic mass is 10.2. The molecule has 12 heteroatoms. The topological polar surface area (TPSA) is 189 Å². The SMILES string of the molecule is CC(C(=O)O)C(=O)O.C[N+](C)(C)CC(=O)[O-].O=c1[nH]cnc2nc[nH]c12. The molecular formula is C14H21N5O7. The molecule has 2 rings (SSSR count). The number of hydrogen-bond donors (Lipinski definition) is 4. The highest BCUT2D eigenvalue weighted by molar-refractivity contribution is 5.92. The number of nitrogens with one attached hydrogen (secondary N) is 2. The van der Waals surface area contributed by atoms with E-state index in [0.717, 1.165) is 6.92 Å². The van der Waals surface area contributed by atoms with Gasteiger partial charge < -0.3 is 34.6 Å². The summed E-state index contributed by atoms with van der Waals surface area (Å²) in [6.45, 7) is 1.19. The zero-order chi connectivity index (χ0) is 20.5. The number of carbonyl (C=O) groups is 3. The Hall–Kier alpha value is -3.28. The number of nitrogens with zero attached hydrogens (tertiary/aromatic N) is 3. The average molecular weight is 371 g/mol. The van der Waals surface area contributed by atoms with Gasteiger partial charge in [-0.3, -0.25) is 14.4 Å². The molecule has 0 fully saturated rings. The smallest absolute Gasteiger partial charge is 0.317 e. The minimum atomic E-state index is -1.31. The molecule has 0 saturated carbocycles. The van der Waals surface area contributed by atoms with Gasteiger partial charge in [0.2, 0.25) is 0 Å². The van der Waals surface area contributed by atoms with E-state index >= 15 is 0 Å². The first-order valence-electron chi connectivity index (χ1n) is 7.17. The standard InChI is InChI=1S/C5H4N4O.C5H11NO2.C4H6O4/c10-5-3-4(7-1-6-3)8-2-9-5;1-6(2,3)4-5(7)8;1-2(3(5)6)4(7)8/h1-2H,(H2,6,7,8,9,10);4H2,1-3H3;2H,1H3,(H,5,6)(H,7,8). The monoisotopic (exact) mass is 371 g/mol. The third kappa shape index (κ3) is 9.12. The van der Waals surface area contributed by atoms with E-state index in [1.807, 2.05) is 0 Å². The lowest BCUT2D eigenvalue weighted by Gasteiger charge is -2.23. The van der Waals surface area contributed by atoms with Gasteiger partial charge in [-0.2, -0.15) is 0 Å². The maximum absolute atomic E-state index is 10.9. The Balaban J connectivity index is 0.000000366. The normalized spacial score (nSPS) is 10.3. The maximum atomic E-state index is 10.9. The van der Waals surface area contributed by atoms with Crippen LogP contribution < -0.4 is 10.7 Å². The van der Waals surface area contributed by atoms with E-state index in [1.165, 1.54) is 12.7 Å². The summed E-state index contributed by atoms with van der Waals surface area (Å²) in [4.78, 5) is 53.0. The second-order valence-corrected chi connectivity index (χ2v) is 6.05. The number of aromatic amines is 2. The Morgan fingerprint density at radius 1 is 1.12 bits per heavy atom. The molecule has 12 nitrogen and oxygen atoms in total. The fourth-order valence-electron chi connectivity index (χ4n) is 1.27. The van der Waals surface area contributed by atoms with Crippen LogP contribution in [-0.4, -0.2) is 80.2 Å². The van der Waals surface area contributed by atoms with Gasteiger partial charge in [-0.25, -0.2) is 9.97 Å². The van der Waals surface area contributed by atoms with Gasteiger partial charge in [0.25, 0.3) is 5.56 Å². The summed E-state index contributed by atoms with van der Waals surface area (Å²) in [5, 5.41) is 25.8. The molecular weight excluding hydrogens is 350 g/mol. The van der Waals surface area contributed by atoms with Crippen LogP contribution in [0.3, 0.4) is 0 Å². The Labute approximate surface area is 147 Å². The quantitative estimate of drug-likeness (QED) is 0.344. The van der Waals surface area contributed by atoms with Gasteiger partial charge in [0, 0.05) is 0 Å². The van der Waals surface area contributed by atoms with Crippen molar-refractivity contribution in [3.05, 3.63) is 23.0 Å². The molecule has 2 aromatic heterocycles. The summed E-state index contributed by atoms with van der Waals surface area (Å²) >= 11 is 0. The number of aliphatic carboxylic acids is 3. The minimum absolute atomic E-state index is 0.0694. The van der Waals surface area contributed by atoms with E-state index < -0.39 is 23.8 Å². The Kier molecular flexibility index (Phi) is 8.63. The number of carboxylic acid groups (broad SMARTS) is 3. The van der Waals surface area contributed by atoms with Crippen molar-refractivity contribution in [3.8, 4) is 0 Å². The van der Waals surface area contributed by atoms with Crippen LogP contribution in [0.25, 0.3) is 11.2 Å². The zero-order valence-electron chi connectivity index (χ0n) is 14.7. The van der Waals surface area contributed by atoms with Gasteiger partial charge in [0.05, 0.1) is 39.8 Å². The van der Waals surface area contributed by atoms with Crippen LogP contribution in [0.15, 0.2) is 17.4 Å². The molecule has 144 valence electrons. The molecule has 2 aromatic rings. The molecule has 0 aliphatic heterocycles. The van der Waals surface area contributed by atoms with Crippen molar-refractivity contribution in [1.29, 1.82) is 0 Å². The van der Waals surface area contributed by atoms with Crippen molar-refractivity contribution in [2.75, 3.05) is 27.7 Å². The number of hydrogen-bond acceptors (Lipinski definition) is 7. The molecule has 0 unspecified atom stereocenters. The van der Waals surface area contributed by atoms with Gasteiger partial charge in [-0.15, -0.1) is 0 Å². The molecule has 0 saturated heterocycles. The molecule has 0 radical (unpaired) electrons. The van der Waals surface area contributed by atoms with E-state index in [0.29, 0.717) is 15.6 Å². The molecule has 0 bridgehead atoms. The summed E-state index contributed by atoms with van der Waals surface area (Å²) in [6, 6.07) is 0. The second kappa shape index (κ2) is 9.88. The van der Waals surface area contributed by atoms with Crippen LogP contribution in [0.4, 0.5) is 0 Å². The van der Waals surface area contributed by atoms with Gasteiger partial charge >= 0.3 is 11.9 Å². The summed E-state index contributed by atoms with van der Waals surface area (Å²) in [5.41, 5.74) is 0.675. The van der Waals surface area contributed by atoms with Crippen molar-refractivity contribution < 1.29 is 34.2 Å². The first-order chi connectivity index (χ1) is 11.8. The average Bonchev–Trinajstić information content (AvgIpc) is 2.95. The Morgan fingerprint density at radius 2 is 1.58 bits per heavy atom. The number of carbonyl (C=O) groups excluding carboxylic acids is 1. The lowest BCUT2D eigenvalue weighted by molar-refractivity contribution is -0.864. The third-order valence-corrected chi connectivity index (χ3v) is 2.57. The number of fused-ring (bicyclic) bond motifs is 1. The van der Waals surface area contributed by atoms with E-state index in [-0.39, 0.29) is 12.1 Å². The highest BCUT2D eigenvalue weighted by Gasteiger charge is 2.18. The number of imidazole rings is 1. The highest BCUT2D eigenvalue weighted by atomic mass is 16.4. The maximum Gasteiger partial charge on any atom is 0.317 e. The van der Waals surface area contributed by atoms with Crippen LogP contribution in [-0.2, 0) is 14.4 Å². The molecule has 0 aromatic carbocycles. The summed E-state index contributed by atoms with van der Waals surface area (Å²) in [7, 11) is 5.40. The zero-order valence-corrected chi connectivity index (χ0v) is 14.7. The predicted octanol–water partition coefficient (Wildman–Crippen LogP) is -2.12. The predicted molar refractivity (Wildman–Crippen MR) is 86.9 cm³/mol. The fraction of sp³-hybridized carbons (Fsp3) is 0.429.